The zero-order valence-corrected chi connectivity index (χ0v) is 12.0. The van der Waals surface area contributed by atoms with Crippen molar-refractivity contribution >= 4 is 5.96 Å². The van der Waals surface area contributed by atoms with E-state index in [-0.39, 0.29) is 0 Å². The van der Waals surface area contributed by atoms with Gasteiger partial charge in [-0.3, -0.25) is 0 Å². The number of morpholine rings is 1. The lowest BCUT2D eigenvalue weighted by atomic mass is 10.2. The van der Waals surface area contributed by atoms with Gasteiger partial charge in [0.15, 0.2) is 5.96 Å². The molecule has 0 bridgehead atoms. The number of nitrogens with two attached hydrogens (primary N) is 1. The summed E-state index contributed by atoms with van der Waals surface area (Å²) in [5.74, 6) is 2.06. The van der Waals surface area contributed by atoms with Gasteiger partial charge in [-0.25, -0.2) is 4.99 Å². The molecule has 0 aromatic heterocycles. The van der Waals surface area contributed by atoms with Crippen molar-refractivity contribution in [1.29, 1.82) is 0 Å². The van der Waals surface area contributed by atoms with Crippen LogP contribution in [0.15, 0.2) is 23.2 Å². The van der Waals surface area contributed by atoms with E-state index in [0.717, 1.165) is 30.2 Å². The van der Waals surface area contributed by atoms with Gasteiger partial charge in [-0.05, 0) is 12.1 Å². The Bertz CT molecular complexity index is 471. The molecule has 0 atom stereocenters. The first kappa shape index (κ1) is 14.5. The Morgan fingerprint density at radius 2 is 2.05 bits per heavy atom. The lowest BCUT2D eigenvalue weighted by Gasteiger charge is -2.27. The first-order valence-corrected chi connectivity index (χ1v) is 6.58. The van der Waals surface area contributed by atoms with Gasteiger partial charge in [0.25, 0.3) is 0 Å². The number of guanidine groups is 1. The summed E-state index contributed by atoms with van der Waals surface area (Å²) in [5.41, 5.74) is 6.98. The van der Waals surface area contributed by atoms with Crippen LogP contribution in [0.2, 0.25) is 0 Å². The van der Waals surface area contributed by atoms with Crippen molar-refractivity contribution in [2.75, 3.05) is 40.5 Å². The van der Waals surface area contributed by atoms with Crippen molar-refractivity contribution < 1.29 is 14.2 Å². The summed E-state index contributed by atoms with van der Waals surface area (Å²) < 4.78 is 15.8. The highest BCUT2D eigenvalue weighted by Crippen LogP contribution is 2.25. The fraction of sp³-hybridized carbons (Fsp3) is 0.500. The van der Waals surface area contributed by atoms with Crippen LogP contribution in [0.3, 0.4) is 0 Å². The van der Waals surface area contributed by atoms with E-state index in [9.17, 15) is 0 Å². The van der Waals surface area contributed by atoms with Gasteiger partial charge in [-0.15, -0.1) is 0 Å². The molecular weight excluding hydrogens is 258 g/mol. The maximum absolute atomic E-state index is 6.00. The Morgan fingerprint density at radius 1 is 1.30 bits per heavy atom. The maximum atomic E-state index is 6.00. The fourth-order valence-corrected chi connectivity index (χ4v) is 2.04. The van der Waals surface area contributed by atoms with Crippen molar-refractivity contribution in [2.45, 2.75) is 6.54 Å². The Labute approximate surface area is 119 Å². The highest BCUT2D eigenvalue weighted by Gasteiger charge is 2.12. The van der Waals surface area contributed by atoms with Gasteiger partial charge in [-0.1, -0.05) is 0 Å². The monoisotopic (exact) mass is 279 g/mol. The maximum Gasteiger partial charge on any atom is 0.191 e. The number of aliphatic imine (C=N–C) groups is 1. The van der Waals surface area contributed by atoms with E-state index in [1.807, 2.05) is 23.1 Å². The van der Waals surface area contributed by atoms with Crippen molar-refractivity contribution in [3.63, 3.8) is 0 Å². The van der Waals surface area contributed by atoms with Crippen LogP contribution in [-0.4, -0.2) is 51.4 Å². The van der Waals surface area contributed by atoms with Crippen LogP contribution in [0.1, 0.15) is 5.56 Å². The third-order valence-electron chi connectivity index (χ3n) is 3.24. The first-order chi connectivity index (χ1) is 9.74. The van der Waals surface area contributed by atoms with Crippen LogP contribution in [0, 0.1) is 0 Å². The van der Waals surface area contributed by atoms with Gasteiger partial charge >= 0.3 is 0 Å². The second-order valence-corrected chi connectivity index (χ2v) is 4.45. The van der Waals surface area contributed by atoms with Gasteiger partial charge < -0.3 is 24.8 Å². The minimum atomic E-state index is 0.482. The zero-order valence-electron chi connectivity index (χ0n) is 12.0. The molecule has 1 fully saturated rings. The van der Waals surface area contributed by atoms with Crippen LogP contribution < -0.4 is 15.2 Å². The summed E-state index contributed by atoms with van der Waals surface area (Å²) in [7, 11) is 3.26. The van der Waals surface area contributed by atoms with Gasteiger partial charge in [-0.2, -0.15) is 0 Å². The molecule has 0 aliphatic carbocycles. The molecule has 6 nitrogen and oxygen atoms in total. The third kappa shape index (κ3) is 3.54. The number of hydrogen-bond acceptors (Lipinski definition) is 4. The van der Waals surface area contributed by atoms with Crippen molar-refractivity contribution in [3.05, 3.63) is 23.8 Å². The van der Waals surface area contributed by atoms with Crippen LogP contribution in [0.4, 0.5) is 0 Å². The van der Waals surface area contributed by atoms with Crippen molar-refractivity contribution in [3.8, 4) is 11.5 Å². The second-order valence-electron chi connectivity index (χ2n) is 4.45. The number of nitrogens with zero attached hydrogens (tertiary/aromatic N) is 2. The Morgan fingerprint density at radius 3 is 2.70 bits per heavy atom. The van der Waals surface area contributed by atoms with E-state index in [1.54, 1.807) is 14.2 Å². The van der Waals surface area contributed by atoms with E-state index in [0.29, 0.717) is 25.7 Å². The molecule has 1 aromatic carbocycles. The third-order valence-corrected chi connectivity index (χ3v) is 3.24. The number of hydrogen-bond donors (Lipinski definition) is 1. The molecule has 20 heavy (non-hydrogen) atoms. The summed E-state index contributed by atoms with van der Waals surface area (Å²) in [5, 5.41) is 0. The standard InChI is InChI=1S/C14H21N3O3/c1-18-12-4-3-11(13(9-12)19-2)10-16-14(15)17-5-7-20-8-6-17/h3-4,9H,5-8,10H2,1-2H3,(H2,15,16). The molecule has 1 saturated heterocycles. The summed E-state index contributed by atoms with van der Waals surface area (Å²) in [4.78, 5) is 6.45. The number of rotatable bonds is 4. The molecule has 110 valence electrons. The molecular formula is C14H21N3O3. The first-order valence-electron chi connectivity index (χ1n) is 6.58. The van der Waals surface area contributed by atoms with Crippen LogP contribution in [0.5, 0.6) is 11.5 Å². The molecule has 1 aliphatic rings. The lowest BCUT2D eigenvalue weighted by molar-refractivity contribution is 0.0674. The lowest BCUT2D eigenvalue weighted by Crippen LogP contribution is -2.44. The van der Waals surface area contributed by atoms with E-state index in [1.165, 1.54) is 0 Å². The second kappa shape index (κ2) is 7.00. The van der Waals surface area contributed by atoms with E-state index in [2.05, 4.69) is 4.99 Å². The molecule has 1 aliphatic heterocycles. The molecule has 0 radical (unpaired) electrons. The number of methoxy groups -OCH3 is 2. The van der Waals surface area contributed by atoms with E-state index >= 15 is 0 Å². The molecule has 6 heteroatoms. The molecule has 0 spiro atoms. The average molecular weight is 279 g/mol. The smallest absolute Gasteiger partial charge is 0.191 e. The van der Waals surface area contributed by atoms with Gasteiger partial charge in [0.05, 0.1) is 34.0 Å². The highest BCUT2D eigenvalue weighted by molar-refractivity contribution is 5.78. The topological polar surface area (TPSA) is 69.3 Å². The normalized spacial score (nSPS) is 16.1. The largest absolute Gasteiger partial charge is 0.497 e. The van der Waals surface area contributed by atoms with Gasteiger partial charge in [0.2, 0.25) is 0 Å². The van der Waals surface area contributed by atoms with Crippen LogP contribution in [0.25, 0.3) is 0 Å². The van der Waals surface area contributed by atoms with Gasteiger partial charge in [0.1, 0.15) is 11.5 Å². The van der Waals surface area contributed by atoms with E-state index in [4.69, 9.17) is 19.9 Å². The quantitative estimate of drug-likeness (QED) is 0.653. The molecule has 0 unspecified atom stereocenters. The Hall–Kier alpha value is -1.95. The summed E-state index contributed by atoms with van der Waals surface area (Å²) in [6.07, 6.45) is 0. The van der Waals surface area contributed by atoms with Crippen molar-refractivity contribution in [2.24, 2.45) is 10.7 Å². The summed E-state index contributed by atoms with van der Waals surface area (Å²) in [6, 6.07) is 5.67. The highest BCUT2D eigenvalue weighted by atomic mass is 16.5. The minimum Gasteiger partial charge on any atom is -0.497 e. The molecule has 2 N–H and O–H groups in total. The minimum absolute atomic E-state index is 0.482. The SMILES string of the molecule is COc1ccc(CN=C(N)N2CCOCC2)c(OC)c1. The molecule has 2 rings (SSSR count). The molecule has 1 heterocycles. The zero-order chi connectivity index (χ0) is 14.4. The predicted octanol–water partition coefficient (Wildman–Crippen LogP) is 0.851. The number of benzene rings is 1. The summed E-state index contributed by atoms with van der Waals surface area (Å²) >= 11 is 0. The van der Waals surface area contributed by atoms with Crippen molar-refractivity contribution in [1.82, 2.24) is 4.90 Å². The predicted molar refractivity (Wildman–Crippen MR) is 77.3 cm³/mol. The average Bonchev–Trinajstić information content (AvgIpc) is 2.53. The fourth-order valence-electron chi connectivity index (χ4n) is 2.04. The molecule has 1 aromatic rings. The van der Waals surface area contributed by atoms with Gasteiger partial charge in [0, 0.05) is 24.7 Å². The van der Waals surface area contributed by atoms with Crippen LogP contribution >= 0.6 is 0 Å². The number of ether oxygens (including phenoxy) is 3. The van der Waals surface area contributed by atoms with E-state index < -0.39 is 0 Å². The van der Waals surface area contributed by atoms with Crippen LogP contribution in [-0.2, 0) is 11.3 Å². The molecule has 0 saturated carbocycles. The molecule has 0 amide bonds. The summed E-state index contributed by atoms with van der Waals surface area (Å²) in [6.45, 7) is 3.45. The Balaban J connectivity index is 2.05. The Kier molecular flexibility index (Phi) is 5.06.